The molecule has 2 heteroatoms. The van der Waals surface area contributed by atoms with Crippen LogP contribution in [-0.2, 0) is 9.47 Å². The van der Waals surface area contributed by atoms with Gasteiger partial charge >= 0.3 is 0 Å². The highest BCUT2D eigenvalue weighted by molar-refractivity contribution is 4.99. The molecule has 0 unspecified atom stereocenters. The van der Waals surface area contributed by atoms with Gasteiger partial charge in [-0.05, 0) is 6.42 Å². The molecule has 0 N–H and O–H groups in total. The van der Waals surface area contributed by atoms with Crippen LogP contribution < -0.4 is 0 Å². The summed E-state index contributed by atoms with van der Waals surface area (Å²) < 4.78 is 11.0. The quantitative estimate of drug-likeness (QED) is 0.555. The van der Waals surface area contributed by atoms with E-state index in [2.05, 4.69) is 6.92 Å². The van der Waals surface area contributed by atoms with Crippen LogP contribution >= 0.6 is 0 Å². The molecule has 1 fully saturated rings. The third-order valence-corrected chi connectivity index (χ3v) is 2.19. The molecular formula is C8H12O2. The average Bonchev–Trinajstić information content (AvgIpc) is 2.29. The summed E-state index contributed by atoms with van der Waals surface area (Å²) in [5.74, 6) is 0.797. The van der Waals surface area contributed by atoms with Gasteiger partial charge in [0, 0.05) is 19.3 Å². The highest BCUT2D eigenvalue weighted by atomic mass is 16.7. The molecule has 0 amide bonds. The number of hydrogen-bond acceptors (Lipinski definition) is 2. The zero-order valence-corrected chi connectivity index (χ0v) is 6.22. The summed E-state index contributed by atoms with van der Waals surface area (Å²) in [6, 6.07) is 0. The monoisotopic (exact) mass is 140 g/mol. The third kappa shape index (κ3) is 0.713. The lowest BCUT2D eigenvalue weighted by Gasteiger charge is -2.35. The molecule has 2 rings (SSSR count). The summed E-state index contributed by atoms with van der Waals surface area (Å²) in [6.45, 7) is 2.08. The van der Waals surface area contributed by atoms with Gasteiger partial charge in [0.25, 0.3) is 0 Å². The van der Waals surface area contributed by atoms with Gasteiger partial charge in [-0.3, -0.25) is 0 Å². The van der Waals surface area contributed by atoms with Crippen molar-refractivity contribution in [1.29, 1.82) is 0 Å². The average molecular weight is 140 g/mol. The summed E-state index contributed by atoms with van der Waals surface area (Å²) in [5, 5.41) is 0. The molecule has 2 nitrogen and oxygen atoms in total. The first-order valence-corrected chi connectivity index (χ1v) is 3.90. The van der Waals surface area contributed by atoms with E-state index in [0.29, 0.717) is 0 Å². The summed E-state index contributed by atoms with van der Waals surface area (Å²) in [5.41, 5.74) is 0. The number of rotatable bonds is 1. The van der Waals surface area contributed by atoms with Crippen LogP contribution in [0, 0.1) is 0 Å². The first kappa shape index (κ1) is 6.08. The Morgan fingerprint density at radius 3 is 2.70 bits per heavy atom. The molecule has 0 atom stereocenters. The summed E-state index contributed by atoms with van der Waals surface area (Å²) >= 11 is 0. The smallest absolute Gasteiger partial charge is 0.250 e. The highest BCUT2D eigenvalue weighted by Gasteiger charge is 2.44. The van der Waals surface area contributed by atoms with E-state index in [-0.39, 0.29) is 5.79 Å². The SMILES string of the molecule is CCC1=COC2(CCC2)O1. The van der Waals surface area contributed by atoms with Crippen LogP contribution in [0.4, 0.5) is 0 Å². The van der Waals surface area contributed by atoms with E-state index in [0.717, 1.165) is 25.0 Å². The van der Waals surface area contributed by atoms with E-state index >= 15 is 0 Å². The standard InChI is InChI=1S/C8H12O2/c1-2-7-6-9-8(10-7)4-3-5-8/h6H,2-5H2,1H3. The van der Waals surface area contributed by atoms with Gasteiger partial charge in [-0.15, -0.1) is 0 Å². The number of ether oxygens (including phenoxy) is 2. The van der Waals surface area contributed by atoms with Gasteiger partial charge in [0.1, 0.15) is 12.0 Å². The molecular weight excluding hydrogens is 128 g/mol. The van der Waals surface area contributed by atoms with E-state index in [4.69, 9.17) is 9.47 Å². The van der Waals surface area contributed by atoms with Gasteiger partial charge < -0.3 is 9.47 Å². The minimum absolute atomic E-state index is 0.203. The molecule has 10 heavy (non-hydrogen) atoms. The van der Waals surface area contributed by atoms with Gasteiger partial charge in [0.05, 0.1) is 0 Å². The third-order valence-electron chi connectivity index (χ3n) is 2.19. The Morgan fingerprint density at radius 2 is 2.40 bits per heavy atom. The van der Waals surface area contributed by atoms with E-state index in [9.17, 15) is 0 Å². The molecule has 0 aromatic heterocycles. The fraction of sp³-hybridized carbons (Fsp3) is 0.750. The Kier molecular flexibility index (Phi) is 1.16. The van der Waals surface area contributed by atoms with E-state index in [1.54, 1.807) is 6.26 Å². The first-order valence-electron chi connectivity index (χ1n) is 3.90. The van der Waals surface area contributed by atoms with Crippen LogP contribution in [0.2, 0.25) is 0 Å². The van der Waals surface area contributed by atoms with Crippen molar-refractivity contribution in [3.05, 3.63) is 12.0 Å². The molecule has 0 radical (unpaired) electrons. The molecule has 56 valence electrons. The van der Waals surface area contributed by atoms with Gasteiger partial charge in [-0.1, -0.05) is 6.92 Å². The van der Waals surface area contributed by atoms with Gasteiger partial charge in [-0.2, -0.15) is 0 Å². The van der Waals surface area contributed by atoms with Crippen molar-refractivity contribution < 1.29 is 9.47 Å². The predicted octanol–water partition coefficient (Wildman–Crippen LogP) is 2.16. The Bertz CT molecular complexity index is 168. The molecule has 1 aliphatic carbocycles. The predicted molar refractivity (Wildman–Crippen MR) is 37.1 cm³/mol. The van der Waals surface area contributed by atoms with Crippen LogP contribution in [0.25, 0.3) is 0 Å². The van der Waals surface area contributed by atoms with Crippen LogP contribution in [0.5, 0.6) is 0 Å². The largest absolute Gasteiger partial charge is 0.456 e. The summed E-state index contributed by atoms with van der Waals surface area (Å²) in [7, 11) is 0. The fourth-order valence-corrected chi connectivity index (χ4v) is 1.30. The Balaban J connectivity index is 1.98. The van der Waals surface area contributed by atoms with Crippen LogP contribution in [0.3, 0.4) is 0 Å². The van der Waals surface area contributed by atoms with Crippen molar-refractivity contribution in [3.8, 4) is 0 Å². The van der Waals surface area contributed by atoms with Crippen molar-refractivity contribution in [1.82, 2.24) is 0 Å². The molecule has 0 aromatic carbocycles. The Labute approximate surface area is 60.8 Å². The zero-order chi connectivity index (χ0) is 7.03. The molecule has 2 aliphatic rings. The Hall–Kier alpha value is -0.660. The van der Waals surface area contributed by atoms with Crippen LogP contribution in [-0.4, -0.2) is 5.79 Å². The fourth-order valence-electron chi connectivity index (χ4n) is 1.30. The minimum atomic E-state index is -0.203. The lowest BCUT2D eigenvalue weighted by atomic mass is 9.91. The van der Waals surface area contributed by atoms with Crippen molar-refractivity contribution >= 4 is 0 Å². The van der Waals surface area contributed by atoms with E-state index in [1.807, 2.05) is 0 Å². The van der Waals surface area contributed by atoms with E-state index < -0.39 is 0 Å². The Morgan fingerprint density at radius 1 is 1.60 bits per heavy atom. The minimum Gasteiger partial charge on any atom is -0.456 e. The van der Waals surface area contributed by atoms with E-state index in [1.165, 1.54) is 6.42 Å². The number of hydrogen-bond donors (Lipinski definition) is 0. The lowest BCUT2D eigenvalue weighted by Crippen LogP contribution is -2.38. The number of allylic oxidation sites excluding steroid dienone is 1. The van der Waals surface area contributed by atoms with Gasteiger partial charge in [0.15, 0.2) is 0 Å². The molecule has 1 saturated carbocycles. The molecule has 1 heterocycles. The van der Waals surface area contributed by atoms with Crippen molar-refractivity contribution in [2.75, 3.05) is 0 Å². The second-order valence-electron chi connectivity index (χ2n) is 2.92. The van der Waals surface area contributed by atoms with Crippen molar-refractivity contribution in [3.63, 3.8) is 0 Å². The summed E-state index contributed by atoms with van der Waals surface area (Å²) in [4.78, 5) is 0. The maximum Gasteiger partial charge on any atom is 0.250 e. The zero-order valence-electron chi connectivity index (χ0n) is 6.22. The van der Waals surface area contributed by atoms with Crippen LogP contribution in [0.1, 0.15) is 32.6 Å². The van der Waals surface area contributed by atoms with Crippen molar-refractivity contribution in [2.24, 2.45) is 0 Å². The lowest BCUT2D eigenvalue weighted by molar-refractivity contribution is -0.199. The molecule has 1 spiro atoms. The second-order valence-corrected chi connectivity index (χ2v) is 2.92. The first-order chi connectivity index (χ1) is 4.85. The molecule has 1 aliphatic heterocycles. The topological polar surface area (TPSA) is 18.5 Å². The van der Waals surface area contributed by atoms with Gasteiger partial charge in [-0.25, -0.2) is 0 Å². The molecule has 0 saturated heterocycles. The van der Waals surface area contributed by atoms with Crippen LogP contribution in [0.15, 0.2) is 12.0 Å². The highest BCUT2D eigenvalue weighted by Crippen LogP contribution is 2.42. The maximum absolute atomic E-state index is 5.57. The second kappa shape index (κ2) is 1.91. The molecule has 0 aromatic rings. The maximum atomic E-state index is 5.57. The van der Waals surface area contributed by atoms with Gasteiger partial charge in [0.2, 0.25) is 5.79 Å². The normalized spacial score (nSPS) is 26.7. The van der Waals surface area contributed by atoms with Crippen molar-refractivity contribution in [2.45, 2.75) is 38.4 Å². The molecule has 0 bridgehead atoms. The summed E-state index contributed by atoms with van der Waals surface area (Å²) in [6.07, 6.45) is 6.08.